The highest BCUT2D eigenvalue weighted by atomic mass is 16.6. The van der Waals surface area contributed by atoms with Crippen LogP contribution in [0.1, 0.15) is 31.2 Å². The maximum atomic E-state index is 11.0. The summed E-state index contributed by atoms with van der Waals surface area (Å²) in [6.45, 7) is 5.67. The molecule has 0 aliphatic heterocycles. The van der Waals surface area contributed by atoms with Gasteiger partial charge in [-0.1, -0.05) is 19.9 Å². The van der Waals surface area contributed by atoms with E-state index in [1.54, 1.807) is 12.1 Å². The number of nitro groups is 1. The van der Waals surface area contributed by atoms with Gasteiger partial charge in [0.15, 0.2) is 0 Å². The van der Waals surface area contributed by atoms with E-state index in [2.05, 4.69) is 9.97 Å². The van der Waals surface area contributed by atoms with E-state index in [1.165, 1.54) is 12.1 Å². The molecule has 0 saturated heterocycles. The van der Waals surface area contributed by atoms with Crippen molar-refractivity contribution in [3.8, 4) is 11.6 Å². The van der Waals surface area contributed by atoms with Crippen molar-refractivity contribution in [2.75, 3.05) is 5.73 Å². The summed E-state index contributed by atoms with van der Waals surface area (Å²) in [5.41, 5.74) is 6.44. The molecule has 2 aromatic rings. The van der Waals surface area contributed by atoms with Crippen molar-refractivity contribution in [3.63, 3.8) is 0 Å². The predicted octanol–water partition coefficient (Wildman–Crippen LogP) is 3.19. The smallest absolute Gasteiger partial charge is 0.311 e. The second kappa shape index (κ2) is 5.74. The molecule has 1 aromatic carbocycles. The van der Waals surface area contributed by atoms with Crippen molar-refractivity contribution in [1.82, 2.24) is 9.97 Å². The van der Waals surface area contributed by atoms with Crippen LogP contribution in [0.5, 0.6) is 11.6 Å². The van der Waals surface area contributed by atoms with Gasteiger partial charge in [-0.3, -0.25) is 10.1 Å². The topological polar surface area (TPSA) is 104 Å². The van der Waals surface area contributed by atoms with E-state index >= 15 is 0 Å². The minimum atomic E-state index is -0.497. The lowest BCUT2D eigenvalue weighted by Gasteiger charge is -2.10. The molecular formula is C14H16N4O3. The normalized spacial score (nSPS) is 10.7. The highest BCUT2D eigenvalue weighted by Crippen LogP contribution is 2.32. The zero-order valence-electron chi connectivity index (χ0n) is 12.0. The van der Waals surface area contributed by atoms with E-state index in [0.717, 1.165) is 5.56 Å². The van der Waals surface area contributed by atoms with Gasteiger partial charge in [0.1, 0.15) is 11.6 Å². The van der Waals surface area contributed by atoms with E-state index < -0.39 is 4.92 Å². The van der Waals surface area contributed by atoms with Crippen LogP contribution in [-0.4, -0.2) is 14.9 Å². The highest BCUT2D eigenvalue weighted by molar-refractivity contribution is 5.50. The van der Waals surface area contributed by atoms with Crippen LogP contribution < -0.4 is 10.5 Å². The average Bonchev–Trinajstić information content (AvgIpc) is 2.37. The molecule has 21 heavy (non-hydrogen) atoms. The first kappa shape index (κ1) is 14.7. The van der Waals surface area contributed by atoms with E-state index in [4.69, 9.17) is 10.5 Å². The lowest BCUT2D eigenvalue weighted by molar-refractivity contribution is -0.385. The molecule has 0 bridgehead atoms. The van der Waals surface area contributed by atoms with Crippen molar-refractivity contribution in [1.29, 1.82) is 0 Å². The number of aryl methyl sites for hydroxylation is 1. The molecule has 1 heterocycles. The van der Waals surface area contributed by atoms with E-state index in [0.29, 0.717) is 5.82 Å². The van der Waals surface area contributed by atoms with Gasteiger partial charge in [0, 0.05) is 18.1 Å². The lowest BCUT2D eigenvalue weighted by Crippen LogP contribution is -2.03. The van der Waals surface area contributed by atoms with Gasteiger partial charge < -0.3 is 10.5 Å². The molecule has 0 unspecified atom stereocenters. The molecule has 7 nitrogen and oxygen atoms in total. The first-order valence-corrected chi connectivity index (χ1v) is 6.44. The zero-order chi connectivity index (χ0) is 15.6. The second-order valence-corrected chi connectivity index (χ2v) is 4.97. The zero-order valence-corrected chi connectivity index (χ0v) is 12.0. The fourth-order valence-corrected chi connectivity index (χ4v) is 1.74. The minimum absolute atomic E-state index is 0.0725. The van der Waals surface area contributed by atoms with Gasteiger partial charge >= 0.3 is 5.69 Å². The van der Waals surface area contributed by atoms with Crippen LogP contribution in [0.25, 0.3) is 0 Å². The third-order valence-electron chi connectivity index (χ3n) is 2.78. The summed E-state index contributed by atoms with van der Waals surface area (Å²) in [6, 6.07) is 6.08. The minimum Gasteiger partial charge on any atom is -0.432 e. The molecule has 0 aliphatic rings. The number of benzene rings is 1. The summed E-state index contributed by atoms with van der Waals surface area (Å²) in [4.78, 5) is 18.9. The molecule has 0 radical (unpaired) electrons. The fraction of sp³-hybridized carbons (Fsp3) is 0.286. The Kier molecular flexibility index (Phi) is 4.02. The Balaban J connectivity index is 2.42. The van der Waals surface area contributed by atoms with Crippen LogP contribution in [0.4, 0.5) is 11.5 Å². The fourth-order valence-electron chi connectivity index (χ4n) is 1.74. The van der Waals surface area contributed by atoms with Crippen LogP contribution in [0, 0.1) is 17.0 Å². The van der Waals surface area contributed by atoms with Gasteiger partial charge in [0.05, 0.1) is 4.92 Å². The Labute approximate surface area is 121 Å². The summed E-state index contributed by atoms with van der Waals surface area (Å²) >= 11 is 0. The summed E-state index contributed by atoms with van der Waals surface area (Å²) in [5, 5.41) is 11.0. The number of anilines is 1. The molecule has 110 valence electrons. The predicted molar refractivity (Wildman–Crippen MR) is 78.4 cm³/mol. The third kappa shape index (κ3) is 3.44. The van der Waals surface area contributed by atoms with E-state index in [-0.39, 0.29) is 29.1 Å². The van der Waals surface area contributed by atoms with Crippen LogP contribution >= 0.6 is 0 Å². The molecular weight excluding hydrogens is 272 g/mol. The SMILES string of the molecule is Cc1ccc([N+](=O)[O-])c(Oc2cc(N)nc(C(C)C)n2)c1. The molecule has 0 aliphatic carbocycles. The Morgan fingerprint density at radius 3 is 2.62 bits per heavy atom. The second-order valence-electron chi connectivity index (χ2n) is 4.97. The maximum Gasteiger partial charge on any atom is 0.311 e. The average molecular weight is 288 g/mol. The monoisotopic (exact) mass is 288 g/mol. The van der Waals surface area contributed by atoms with Gasteiger partial charge in [-0.25, -0.2) is 4.98 Å². The van der Waals surface area contributed by atoms with E-state index in [9.17, 15) is 10.1 Å². The van der Waals surface area contributed by atoms with Crippen molar-refractivity contribution in [2.45, 2.75) is 26.7 Å². The molecule has 0 spiro atoms. The molecule has 1 aromatic heterocycles. The Morgan fingerprint density at radius 1 is 1.29 bits per heavy atom. The van der Waals surface area contributed by atoms with E-state index in [1.807, 2.05) is 20.8 Å². The van der Waals surface area contributed by atoms with Gasteiger partial charge in [0.25, 0.3) is 0 Å². The first-order chi connectivity index (χ1) is 9.86. The molecule has 2 N–H and O–H groups in total. The molecule has 2 rings (SSSR count). The third-order valence-corrected chi connectivity index (χ3v) is 2.78. The largest absolute Gasteiger partial charge is 0.432 e. The van der Waals surface area contributed by atoms with Gasteiger partial charge in [-0.2, -0.15) is 4.98 Å². The van der Waals surface area contributed by atoms with Crippen molar-refractivity contribution in [3.05, 3.63) is 45.8 Å². The number of nitrogens with zero attached hydrogens (tertiary/aromatic N) is 3. The summed E-state index contributed by atoms with van der Waals surface area (Å²) < 4.78 is 5.55. The van der Waals surface area contributed by atoms with Crippen molar-refractivity contribution in [2.24, 2.45) is 0 Å². The number of hydrogen-bond donors (Lipinski definition) is 1. The Hall–Kier alpha value is -2.70. The quantitative estimate of drug-likeness (QED) is 0.684. The van der Waals surface area contributed by atoms with Crippen LogP contribution in [0.3, 0.4) is 0 Å². The highest BCUT2D eigenvalue weighted by Gasteiger charge is 2.17. The number of ether oxygens (including phenoxy) is 1. The summed E-state index contributed by atoms with van der Waals surface area (Å²) in [5.74, 6) is 1.19. The number of hydrogen-bond acceptors (Lipinski definition) is 6. The lowest BCUT2D eigenvalue weighted by atomic mass is 10.2. The molecule has 0 fully saturated rings. The van der Waals surface area contributed by atoms with Crippen molar-refractivity contribution >= 4 is 11.5 Å². The number of nitro benzene ring substituents is 1. The number of aromatic nitrogens is 2. The number of nitrogen functional groups attached to an aromatic ring is 1. The van der Waals surface area contributed by atoms with Gasteiger partial charge in [-0.05, 0) is 18.6 Å². The molecule has 0 amide bonds. The number of nitrogens with two attached hydrogens (primary N) is 1. The molecule has 7 heteroatoms. The number of rotatable bonds is 4. The maximum absolute atomic E-state index is 11.0. The van der Waals surface area contributed by atoms with Crippen LogP contribution in [0.2, 0.25) is 0 Å². The molecule has 0 saturated carbocycles. The summed E-state index contributed by atoms with van der Waals surface area (Å²) in [6.07, 6.45) is 0. The Bertz CT molecular complexity index is 686. The summed E-state index contributed by atoms with van der Waals surface area (Å²) in [7, 11) is 0. The first-order valence-electron chi connectivity index (χ1n) is 6.44. The van der Waals surface area contributed by atoms with Crippen LogP contribution in [0.15, 0.2) is 24.3 Å². The van der Waals surface area contributed by atoms with Crippen LogP contribution in [-0.2, 0) is 0 Å². The van der Waals surface area contributed by atoms with Gasteiger partial charge in [-0.15, -0.1) is 0 Å². The standard InChI is InChI=1S/C14H16N4O3/c1-8(2)14-16-12(15)7-13(17-14)21-11-6-9(3)4-5-10(11)18(19)20/h4-8H,1-3H3,(H2,15,16,17). The van der Waals surface area contributed by atoms with Gasteiger partial charge in [0.2, 0.25) is 11.6 Å². The van der Waals surface area contributed by atoms with Crippen molar-refractivity contribution < 1.29 is 9.66 Å². The molecule has 0 atom stereocenters. The Morgan fingerprint density at radius 2 is 2.00 bits per heavy atom.